The van der Waals surface area contributed by atoms with Gasteiger partial charge in [0.1, 0.15) is 0 Å². The predicted molar refractivity (Wildman–Crippen MR) is 87.8 cm³/mol. The summed E-state index contributed by atoms with van der Waals surface area (Å²) in [7, 11) is 0. The second kappa shape index (κ2) is 6.53. The SMILES string of the molecule is C=C/C(=C\C=C(C)C)Nc1ccnc2ccc(C#N)cc12. The molecule has 3 nitrogen and oxygen atoms in total. The molecule has 0 saturated heterocycles. The molecule has 21 heavy (non-hydrogen) atoms. The monoisotopic (exact) mass is 275 g/mol. The summed E-state index contributed by atoms with van der Waals surface area (Å²) in [5.41, 5.74) is 4.48. The van der Waals surface area contributed by atoms with Crippen LogP contribution in [0.2, 0.25) is 0 Å². The predicted octanol–water partition coefficient (Wildman–Crippen LogP) is 4.55. The average molecular weight is 275 g/mol. The number of allylic oxidation sites excluding steroid dienone is 4. The first kappa shape index (κ1) is 14.5. The zero-order valence-corrected chi connectivity index (χ0v) is 12.2. The van der Waals surface area contributed by atoms with Gasteiger partial charge in [-0.15, -0.1) is 0 Å². The summed E-state index contributed by atoms with van der Waals surface area (Å²) < 4.78 is 0. The summed E-state index contributed by atoms with van der Waals surface area (Å²) in [4.78, 5) is 4.32. The highest BCUT2D eigenvalue weighted by atomic mass is 14.9. The van der Waals surface area contributed by atoms with Crippen LogP contribution in [0, 0.1) is 11.3 Å². The van der Waals surface area contributed by atoms with Crippen molar-refractivity contribution in [3.63, 3.8) is 0 Å². The first-order valence-corrected chi connectivity index (χ1v) is 6.67. The van der Waals surface area contributed by atoms with Crippen molar-refractivity contribution in [3.05, 3.63) is 72.1 Å². The molecule has 0 radical (unpaired) electrons. The third-order valence-electron chi connectivity index (χ3n) is 2.97. The van der Waals surface area contributed by atoms with Crippen LogP contribution in [-0.4, -0.2) is 4.98 Å². The number of benzene rings is 1. The number of fused-ring (bicyclic) bond motifs is 1. The largest absolute Gasteiger partial charge is 0.355 e. The number of nitrogens with zero attached hydrogens (tertiary/aromatic N) is 2. The number of aromatic nitrogens is 1. The zero-order chi connectivity index (χ0) is 15.2. The lowest BCUT2D eigenvalue weighted by atomic mass is 10.1. The van der Waals surface area contributed by atoms with E-state index in [-0.39, 0.29) is 0 Å². The van der Waals surface area contributed by atoms with Crippen molar-refractivity contribution in [2.24, 2.45) is 0 Å². The maximum Gasteiger partial charge on any atom is 0.0991 e. The molecule has 2 aromatic rings. The fourth-order valence-corrected chi connectivity index (χ4v) is 1.90. The highest BCUT2D eigenvalue weighted by Gasteiger charge is 2.03. The fraction of sp³-hybridized carbons (Fsp3) is 0.111. The summed E-state index contributed by atoms with van der Waals surface area (Å²) >= 11 is 0. The van der Waals surface area contributed by atoms with Gasteiger partial charge in [-0.05, 0) is 50.3 Å². The van der Waals surface area contributed by atoms with Crippen LogP contribution in [0.5, 0.6) is 0 Å². The van der Waals surface area contributed by atoms with Gasteiger partial charge >= 0.3 is 0 Å². The molecule has 2 rings (SSSR count). The van der Waals surface area contributed by atoms with Gasteiger partial charge in [0.2, 0.25) is 0 Å². The van der Waals surface area contributed by atoms with E-state index in [1.165, 1.54) is 5.57 Å². The minimum absolute atomic E-state index is 0.618. The topological polar surface area (TPSA) is 48.7 Å². The first-order valence-electron chi connectivity index (χ1n) is 6.67. The van der Waals surface area contributed by atoms with E-state index >= 15 is 0 Å². The Labute approximate surface area is 124 Å². The van der Waals surface area contributed by atoms with Crippen LogP contribution in [-0.2, 0) is 0 Å². The Morgan fingerprint density at radius 2 is 2.10 bits per heavy atom. The van der Waals surface area contributed by atoms with Gasteiger partial charge in [0.25, 0.3) is 0 Å². The van der Waals surface area contributed by atoms with Crippen LogP contribution >= 0.6 is 0 Å². The van der Waals surface area contributed by atoms with Crippen molar-refractivity contribution >= 4 is 16.6 Å². The Kier molecular flexibility index (Phi) is 4.53. The molecule has 0 saturated carbocycles. The maximum atomic E-state index is 9.04. The summed E-state index contributed by atoms with van der Waals surface area (Å²) in [5.74, 6) is 0. The van der Waals surface area contributed by atoms with Crippen molar-refractivity contribution in [1.82, 2.24) is 4.98 Å². The lowest BCUT2D eigenvalue weighted by Gasteiger charge is -2.10. The van der Waals surface area contributed by atoms with E-state index in [9.17, 15) is 0 Å². The van der Waals surface area contributed by atoms with Crippen molar-refractivity contribution in [2.75, 3.05) is 5.32 Å². The van der Waals surface area contributed by atoms with Gasteiger partial charge in [0, 0.05) is 23.0 Å². The Morgan fingerprint density at radius 3 is 2.76 bits per heavy atom. The molecule has 1 N–H and O–H groups in total. The maximum absolute atomic E-state index is 9.04. The van der Waals surface area contributed by atoms with Gasteiger partial charge in [-0.3, -0.25) is 4.98 Å². The minimum atomic E-state index is 0.618. The molecule has 1 heterocycles. The van der Waals surface area contributed by atoms with Gasteiger partial charge < -0.3 is 5.32 Å². The number of rotatable bonds is 4. The van der Waals surface area contributed by atoms with Crippen molar-refractivity contribution in [3.8, 4) is 6.07 Å². The van der Waals surface area contributed by atoms with Gasteiger partial charge in [-0.1, -0.05) is 18.2 Å². The smallest absolute Gasteiger partial charge is 0.0991 e. The number of hydrogen-bond donors (Lipinski definition) is 1. The summed E-state index contributed by atoms with van der Waals surface area (Å²) in [5, 5.41) is 13.3. The number of pyridine rings is 1. The molecule has 0 amide bonds. The van der Waals surface area contributed by atoms with E-state index in [0.29, 0.717) is 5.56 Å². The number of nitriles is 1. The van der Waals surface area contributed by atoms with E-state index in [0.717, 1.165) is 22.3 Å². The van der Waals surface area contributed by atoms with E-state index in [1.54, 1.807) is 18.3 Å². The molecule has 104 valence electrons. The number of anilines is 1. The molecule has 0 aliphatic rings. The lowest BCUT2D eigenvalue weighted by Crippen LogP contribution is -1.98. The van der Waals surface area contributed by atoms with E-state index in [1.807, 2.05) is 44.2 Å². The molecule has 1 aromatic carbocycles. The zero-order valence-electron chi connectivity index (χ0n) is 12.2. The van der Waals surface area contributed by atoms with Gasteiger partial charge in [0.05, 0.1) is 17.1 Å². The molecule has 0 aliphatic heterocycles. The molecule has 0 bridgehead atoms. The normalized spacial score (nSPS) is 10.8. The van der Waals surface area contributed by atoms with E-state index in [2.05, 4.69) is 22.9 Å². The minimum Gasteiger partial charge on any atom is -0.355 e. The van der Waals surface area contributed by atoms with Crippen LogP contribution < -0.4 is 5.32 Å². The molecule has 0 unspecified atom stereocenters. The Morgan fingerprint density at radius 1 is 1.29 bits per heavy atom. The highest BCUT2D eigenvalue weighted by Crippen LogP contribution is 2.24. The Bertz CT molecular complexity index is 773. The third kappa shape index (κ3) is 3.58. The average Bonchev–Trinajstić information content (AvgIpc) is 2.50. The molecular formula is C18H17N3. The van der Waals surface area contributed by atoms with Crippen LogP contribution in [0.3, 0.4) is 0 Å². The van der Waals surface area contributed by atoms with Crippen LogP contribution in [0.1, 0.15) is 19.4 Å². The Balaban J connectivity index is 2.46. The van der Waals surface area contributed by atoms with Crippen LogP contribution in [0.4, 0.5) is 5.69 Å². The molecule has 0 fully saturated rings. The number of hydrogen-bond acceptors (Lipinski definition) is 3. The fourth-order valence-electron chi connectivity index (χ4n) is 1.90. The summed E-state index contributed by atoms with van der Waals surface area (Å²) in [6.45, 7) is 7.90. The molecule has 0 aliphatic carbocycles. The van der Waals surface area contributed by atoms with Gasteiger partial charge in [-0.25, -0.2) is 0 Å². The summed E-state index contributed by atoms with van der Waals surface area (Å²) in [6, 6.07) is 9.51. The first-order chi connectivity index (χ1) is 10.1. The van der Waals surface area contributed by atoms with Gasteiger partial charge in [-0.2, -0.15) is 5.26 Å². The van der Waals surface area contributed by atoms with Crippen molar-refractivity contribution in [2.45, 2.75) is 13.8 Å². The summed E-state index contributed by atoms with van der Waals surface area (Å²) in [6.07, 6.45) is 7.51. The second-order valence-electron chi connectivity index (χ2n) is 4.90. The molecular weight excluding hydrogens is 258 g/mol. The van der Waals surface area contributed by atoms with Crippen molar-refractivity contribution in [1.29, 1.82) is 5.26 Å². The Hall–Kier alpha value is -2.86. The molecule has 1 aromatic heterocycles. The molecule has 0 spiro atoms. The van der Waals surface area contributed by atoms with Crippen molar-refractivity contribution < 1.29 is 0 Å². The number of nitrogens with one attached hydrogen (secondary N) is 1. The van der Waals surface area contributed by atoms with Gasteiger partial charge in [0.15, 0.2) is 0 Å². The van der Waals surface area contributed by atoms with E-state index < -0.39 is 0 Å². The second-order valence-corrected chi connectivity index (χ2v) is 4.90. The standard InChI is InChI=1S/C18H17N3/c1-4-15(7-5-13(2)3)21-18-9-10-20-17-8-6-14(12-19)11-16(17)18/h4-11H,1H2,2-3H3,(H,20,21)/b15-7+. The van der Waals surface area contributed by atoms with E-state index in [4.69, 9.17) is 5.26 Å². The molecule has 0 atom stereocenters. The lowest BCUT2D eigenvalue weighted by molar-refractivity contribution is 1.37. The third-order valence-corrected chi connectivity index (χ3v) is 2.97. The van der Waals surface area contributed by atoms with Crippen LogP contribution in [0.25, 0.3) is 10.9 Å². The highest BCUT2D eigenvalue weighted by molar-refractivity contribution is 5.92. The molecule has 3 heteroatoms. The van der Waals surface area contributed by atoms with Crippen LogP contribution in [0.15, 0.2) is 66.5 Å². The quantitative estimate of drug-likeness (QED) is 0.832.